The van der Waals surface area contributed by atoms with Gasteiger partial charge in [-0.15, -0.1) is 0 Å². The molecule has 0 amide bonds. The fourth-order valence-corrected chi connectivity index (χ4v) is 1.31. The molecule has 0 aliphatic rings. The Morgan fingerprint density at radius 1 is 1.53 bits per heavy atom. The SMILES string of the molecule is Cc1cc(C(=O)O)cc([C@H](N)CO)c1O. The average molecular weight is 211 g/mol. The number of aromatic carboxylic acids is 1. The van der Waals surface area contributed by atoms with Crippen molar-refractivity contribution in [3.63, 3.8) is 0 Å². The molecule has 1 rings (SSSR count). The van der Waals surface area contributed by atoms with Gasteiger partial charge in [-0.3, -0.25) is 0 Å². The number of rotatable bonds is 3. The Bertz CT molecular complexity index is 389. The summed E-state index contributed by atoms with van der Waals surface area (Å²) >= 11 is 0. The van der Waals surface area contributed by atoms with Gasteiger partial charge in [0, 0.05) is 5.56 Å². The molecule has 0 aliphatic heterocycles. The van der Waals surface area contributed by atoms with Crippen LogP contribution in [0.5, 0.6) is 5.75 Å². The normalized spacial score (nSPS) is 12.5. The summed E-state index contributed by atoms with van der Waals surface area (Å²) in [4.78, 5) is 10.7. The highest BCUT2D eigenvalue weighted by molar-refractivity contribution is 5.88. The number of aliphatic hydroxyl groups is 1. The molecule has 1 atom stereocenters. The molecule has 0 saturated carbocycles. The summed E-state index contributed by atoms with van der Waals surface area (Å²) in [7, 11) is 0. The quantitative estimate of drug-likeness (QED) is 0.579. The lowest BCUT2D eigenvalue weighted by Crippen LogP contribution is -2.15. The van der Waals surface area contributed by atoms with E-state index in [9.17, 15) is 9.90 Å². The summed E-state index contributed by atoms with van der Waals surface area (Å²) in [6, 6.07) is 1.85. The third-order valence-corrected chi connectivity index (χ3v) is 2.17. The van der Waals surface area contributed by atoms with Crippen LogP contribution in [-0.4, -0.2) is 27.9 Å². The fourth-order valence-electron chi connectivity index (χ4n) is 1.31. The third-order valence-electron chi connectivity index (χ3n) is 2.17. The van der Waals surface area contributed by atoms with Gasteiger partial charge in [0.25, 0.3) is 0 Å². The van der Waals surface area contributed by atoms with Gasteiger partial charge in [0.1, 0.15) is 5.75 Å². The number of carbonyl (C=O) groups is 1. The van der Waals surface area contributed by atoms with Gasteiger partial charge < -0.3 is 21.1 Å². The zero-order valence-corrected chi connectivity index (χ0v) is 8.27. The molecular weight excluding hydrogens is 198 g/mol. The highest BCUT2D eigenvalue weighted by atomic mass is 16.4. The Morgan fingerprint density at radius 2 is 2.13 bits per heavy atom. The lowest BCUT2D eigenvalue weighted by atomic mass is 10.00. The van der Waals surface area contributed by atoms with Gasteiger partial charge in [0.2, 0.25) is 0 Å². The molecule has 5 heteroatoms. The van der Waals surface area contributed by atoms with Crippen molar-refractivity contribution in [2.75, 3.05) is 6.61 Å². The third kappa shape index (κ3) is 2.26. The van der Waals surface area contributed by atoms with Gasteiger partial charge in [-0.2, -0.15) is 0 Å². The molecule has 1 aromatic carbocycles. The maximum absolute atomic E-state index is 10.7. The standard InChI is InChI=1S/C10H13NO4/c1-5-2-6(10(14)15)3-7(9(5)13)8(11)4-12/h2-3,8,12-13H,4,11H2,1H3,(H,14,15)/t8-/m1/s1. The van der Waals surface area contributed by atoms with Gasteiger partial charge in [0.15, 0.2) is 0 Å². The number of aryl methyl sites for hydroxylation is 1. The maximum Gasteiger partial charge on any atom is 0.335 e. The van der Waals surface area contributed by atoms with Crippen LogP contribution in [0.4, 0.5) is 0 Å². The van der Waals surface area contributed by atoms with Gasteiger partial charge >= 0.3 is 5.97 Å². The Morgan fingerprint density at radius 3 is 2.60 bits per heavy atom. The average Bonchev–Trinajstić information content (AvgIpc) is 2.20. The van der Waals surface area contributed by atoms with Crippen molar-refractivity contribution in [2.24, 2.45) is 5.73 Å². The van der Waals surface area contributed by atoms with Crippen LogP contribution in [-0.2, 0) is 0 Å². The Hall–Kier alpha value is -1.59. The first-order valence-corrected chi connectivity index (χ1v) is 4.40. The van der Waals surface area contributed by atoms with Crippen LogP contribution in [0.1, 0.15) is 27.5 Å². The Balaban J connectivity index is 3.31. The summed E-state index contributed by atoms with van der Waals surface area (Å²) in [6.07, 6.45) is 0. The van der Waals surface area contributed by atoms with Crippen LogP contribution < -0.4 is 5.73 Å². The van der Waals surface area contributed by atoms with E-state index in [2.05, 4.69) is 0 Å². The van der Waals surface area contributed by atoms with Crippen LogP contribution in [0, 0.1) is 6.92 Å². The monoisotopic (exact) mass is 211 g/mol. The largest absolute Gasteiger partial charge is 0.507 e. The number of hydrogen-bond donors (Lipinski definition) is 4. The van der Waals surface area contributed by atoms with Crippen molar-refractivity contribution >= 4 is 5.97 Å². The second-order valence-electron chi connectivity index (χ2n) is 3.33. The number of aliphatic hydroxyl groups excluding tert-OH is 1. The minimum atomic E-state index is -1.09. The predicted molar refractivity (Wildman–Crippen MR) is 53.8 cm³/mol. The summed E-state index contributed by atoms with van der Waals surface area (Å²) in [5.74, 6) is -1.16. The molecule has 0 spiro atoms. The van der Waals surface area contributed by atoms with E-state index in [0.29, 0.717) is 5.56 Å². The molecule has 0 bridgehead atoms. The van der Waals surface area contributed by atoms with Crippen molar-refractivity contribution in [2.45, 2.75) is 13.0 Å². The number of nitrogens with two attached hydrogens (primary N) is 1. The smallest absolute Gasteiger partial charge is 0.335 e. The van der Waals surface area contributed by atoms with E-state index >= 15 is 0 Å². The van der Waals surface area contributed by atoms with E-state index in [1.54, 1.807) is 6.92 Å². The molecule has 0 aliphatic carbocycles. The number of phenols is 1. The fraction of sp³-hybridized carbons (Fsp3) is 0.300. The Kier molecular flexibility index (Phi) is 3.28. The molecule has 0 saturated heterocycles. The predicted octanol–water partition coefficient (Wildman–Crippen LogP) is 0.391. The van der Waals surface area contributed by atoms with E-state index in [-0.39, 0.29) is 23.5 Å². The lowest BCUT2D eigenvalue weighted by Gasteiger charge is -2.13. The van der Waals surface area contributed by atoms with Crippen LogP contribution in [0.2, 0.25) is 0 Å². The Labute approximate surface area is 86.8 Å². The molecule has 0 fully saturated rings. The first-order valence-electron chi connectivity index (χ1n) is 4.40. The molecule has 82 valence electrons. The zero-order chi connectivity index (χ0) is 11.6. The van der Waals surface area contributed by atoms with E-state index in [1.165, 1.54) is 12.1 Å². The topological polar surface area (TPSA) is 104 Å². The minimum Gasteiger partial charge on any atom is -0.507 e. The molecule has 5 nitrogen and oxygen atoms in total. The van der Waals surface area contributed by atoms with E-state index in [1.807, 2.05) is 0 Å². The minimum absolute atomic E-state index is 0.0456. The summed E-state index contributed by atoms with van der Waals surface area (Å²) < 4.78 is 0. The molecule has 15 heavy (non-hydrogen) atoms. The summed E-state index contributed by atoms with van der Waals surface area (Å²) in [5, 5.41) is 27.3. The van der Waals surface area contributed by atoms with E-state index in [4.69, 9.17) is 15.9 Å². The lowest BCUT2D eigenvalue weighted by molar-refractivity contribution is 0.0696. The van der Waals surface area contributed by atoms with Crippen molar-refractivity contribution in [3.8, 4) is 5.75 Å². The van der Waals surface area contributed by atoms with Crippen molar-refractivity contribution in [3.05, 3.63) is 28.8 Å². The van der Waals surface area contributed by atoms with Gasteiger partial charge in [-0.1, -0.05) is 0 Å². The van der Waals surface area contributed by atoms with E-state index in [0.717, 1.165) is 0 Å². The van der Waals surface area contributed by atoms with Gasteiger partial charge in [-0.05, 0) is 24.6 Å². The van der Waals surface area contributed by atoms with Crippen LogP contribution >= 0.6 is 0 Å². The second-order valence-corrected chi connectivity index (χ2v) is 3.33. The molecule has 0 radical (unpaired) electrons. The van der Waals surface area contributed by atoms with Crippen LogP contribution in [0.3, 0.4) is 0 Å². The summed E-state index contributed by atoms with van der Waals surface area (Å²) in [6.45, 7) is 1.23. The van der Waals surface area contributed by atoms with Crippen molar-refractivity contribution < 1.29 is 20.1 Å². The van der Waals surface area contributed by atoms with Gasteiger partial charge in [0.05, 0.1) is 18.2 Å². The maximum atomic E-state index is 10.7. The first kappa shape index (κ1) is 11.5. The molecule has 0 aromatic heterocycles. The van der Waals surface area contributed by atoms with Crippen molar-refractivity contribution in [1.29, 1.82) is 0 Å². The molecule has 1 aromatic rings. The second kappa shape index (κ2) is 4.29. The molecule has 0 unspecified atom stereocenters. The number of phenolic OH excluding ortho intramolecular Hbond substituents is 1. The van der Waals surface area contributed by atoms with Crippen LogP contribution in [0.15, 0.2) is 12.1 Å². The molecule has 5 N–H and O–H groups in total. The zero-order valence-electron chi connectivity index (χ0n) is 8.27. The van der Waals surface area contributed by atoms with Crippen molar-refractivity contribution in [1.82, 2.24) is 0 Å². The number of hydrogen-bond acceptors (Lipinski definition) is 4. The first-order chi connectivity index (χ1) is 6.97. The molecule has 0 heterocycles. The number of carboxylic acids is 1. The number of carboxylic acid groups (broad SMARTS) is 1. The number of aromatic hydroxyl groups is 1. The van der Waals surface area contributed by atoms with Crippen LogP contribution in [0.25, 0.3) is 0 Å². The molecular formula is C10H13NO4. The van der Waals surface area contributed by atoms with Gasteiger partial charge in [-0.25, -0.2) is 4.79 Å². The number of benzene rings is 1. The van der Waals surface area contributed by atoms with E-state index < -0.39 is 12.0 Å². The highest BCUT2D eigenvalue weighted by Crippen LogP contribution is 2.28. The summed E-state index contributed by atoms with van der Waals surface area (Å²) in [5.41, 5.74) is 6.25. The highest BCUT2D eigenvalue weighted by Gasteiger charge is 2.15.